The molecule has 1 N–H and O–H groups in total. The second-order valence-corrected chi connectivity index (χ2v) is 4.59. The standard InChI is InChI=1S/C12H16N2OS/c1-2-10(11-4-3-8-15-11)13-6-5-12-14-7-9-16-12/h3-4,7-10,13H,2,5-6H2,1H3. The fraction of sp³-hybridized carbons (Fsp3) is 0.417. The quantitative estimate of drug-likeness (QED) is 0.837. The maximum absolute atomic E-state index is 5.40. The van der Waals surface area contributed by atoms with Crippen LogP contribution in [0.3, 0.4) is 0 Å². The van der Waals surface area contributed by atoms with Crippen molar-refractivity contribution in [3.63, 3.8) is 0 Å². The largest absolute Gasteiger partial charge is 0.468 e. The maximum atomic E-state index is 5.40. The van der Waals surface area contributed by atoms with E-state index < -0.39 is 0 Å². The number of hydrogen-bond donors (Lipinski definition) is 1. The van der Waals surface area contributed by atoms with Crippen LogP contribution in [0.15, 0.2) is 34.4 Å². The Morgan fingerprint density at radius 3 is 3.12 bits per heavy atom. The molecule has 0 aromatic carbocycles. The molecule has 1 atom stereocenters. The molecule has 2 rings (SSSR count). The van der Waals surface area contributed by atoms with Crippen molar-refractivity contribution in [1.29, 1.82) is 0 Å². The van der Waals surface area contributed by atoms with Gasteiger partial charge < -0.3 is 9.73 Å². The smallest absolute Gasteiger partial charge is 0.120 e. The minimum Gasteiger partial charge on any atom is -0.468 e. The Hall–Kier alpha value is -1.13. The van der Waals surface area contributed by atoms with E-state index in [2.05, 4.69) is 17.2 Å². The molecule has 0 fully saturated rings. The molecule has 2 aromatic heterocycles. The third-order valence-corrected chi connectivity index (χ3v) is 3.35. The minimum absolute atomic E-state index is 0.315. The fourth-order valence-electron chi connectivity index (χ4n) is 1.67. The molecule has 0 aliphatic carbocycles. The van der Waals surface area contributed by atoms with E-state index in [0.29, 0.717) is 6.04 Å². The van der Waals surface area contributed by atoms with Crippen molar-refractivity contribution in [1.82, 2.24) is 10.3 Å². The summed E-state index contributed by atoms with van der Waals surface area (Å²) in [5.74, 6) is 1.02. The van der Waals surface area contributed by atoms with Gasteiger partial charge in [0.1, 0.15) is 5.76 Å². The summed E-state index contributed by atoms with van der Waals surface area (Å²) in [7, 11) is 0. The van der Waals surface area contributed by atoms with Crippen LogP contribution in [-0.2, 0) is 6.42 Å². The lowest BCUT2D eigenvalue weighted by Gasteiger charge is -2.13. The Balaban J connectivity index is 1.80. The third-order valence-electron chi connectivity index (χ3n) is 2.51. The van der Waals surface area contributed by atoms with E-state index in [-0.39, 0.29) is 0 Å². The third kappa shape index (κ3) is 2.93. The van der Waals surface area contributed by atoms with Crippen LogP contribution >= 0.6 is 11.3 Å². The Labute approximate surface area is 99.5 Å². The summed E-state index contributed by atoms with van der Waals surface area (Å²) in [6.07, 6.45) is 5.59. The molecule has 0 radical (unpaired) electrons. The summed E-state index contributed by atoms with van der Waals surface area (Å²) < 4.78 is 5.40. The van der Waals surface area contributed by atoms with E-state index >= 15 is 0 Å². The molecule has 0 saturated heterocycles. The van der Waals surface area contributed by atoms with Gasteiger partial charge in [-0.05, 0) is 18.6 Å². The van der Waals surface area contributed by atoms with Gasteiger partial charge in [0.15, 0.2) is 0 Å². The fourth-order valence-corrected chi connectivity index (χ4v) is 2.29. The van der Waals surface area contributed by atoms with Gasteiger partial charge in [0, 0.05) is 24.5 Å². The predicted octanol–water partition coefficient (Wildman–Crippen LogP) is 3.02. The van der Waals surface area contributed by atoms with Gasteiger partial charge in [0.25, 0.3) is 0 Å². The minimum atomic E-state index is 0.315. The zero-order valence-corrected chi connectivity index (χ0v) is 10.2. The van der Waals surface area contributed by atoms with Gasteiger partial charge in [-0.1, -0.05) is 6.92 Å². The van der Waals surface area contributed by atoms with E-state index in [1.807, 2.05) is 23.7 Å². The number of rotatable bonds is 6. The normalized spacial score (nSPS) is 12.8. The number of furan rings is 1. The highest BCUT2D eigenvalue weighted by molar-refractivity contribution is 7.09. The van der Waals surface area contributed by atoms with Crippen LogP contribution in [0.2, 0.25) is 0 Å². The van der Waals surface area contributed by atoms with Crippen molar-refractivity contribution < 1.29 is 4.42 Å². The van der Waals surface area contributed by atoms with Crippen molar-refractivity contribution in [2.24, 2.45) is 0 Å². The Morgan fingerprint density at radius 2 is 2.50 bits per heavy atom. The van der Waals surface area contributed by atoms with Gasteiger partial charge in [-0.3, -0.25) is 0 Å². The van der Waals surface area contributed by atoms with Crippen LogP contribution in [0.4, 0.5) is 0 Å². The van der Waals surface area contributed by atoms with E-state index in [9.17, 15) is 0 Å². The van der Waals surface area contributed by atoms with Gasteiger partial charge in [-0.15, -0.1) is 11.3 Å². The van der Waals surface area contributed by atoms with E-state index in [4.69, 9.17) is 4.42 Å². The lowest BCUT2D eigenvalue weighted by Crippen LogP contribution is -2.22. The van der Waals surface area contributed by atoms with Gasteiger partial charge >= 0.3 is 0 Å². The highest BCUT2D eigenvalue weighted by Gasteiger charge is 2.10. The van der Waals surface area contributed by atoms with E-state index in [1.165, 1.54) is 5.01 Å². The molecule has 0 amide bonds. The molecule has 0 aliphatic rings. The lowest BCUT2D eigenvalue weighted by atomic mass is 10.1. The van der Waals surface area contributed by atoms with Crippen molar-refractivity contribution in [3.05, 3.63) is 40.7 Å². The molecule has 16 heavy (non-hydrogen) atoms. The van der Waals surface area contributed by atoms with Crippen LogP contribution in [0, 0.1) is 0 Å². The molecular weight excluding hydrogens is 220 g/mol. The first-order valence-electron chi connectivity index (χ1n) is 5.55. The van der Waals surface area contributed by atoms with Crippen LogP contribution in [-0.4, -0.2) is 11.5 Å². The number of thiazole rings is 1. The second-order valence-electron chi connectivity index (χ2n) is 3.61. The number of aromatic nitrogens is 1. The molecule has 1 unspecified atom stereocenters. The predicted molar refractivity (Wildman–Crippen MR) is 65.6 cm³/mol. The molecule has 86 valence electrons. The van der Waals surface area contributed by atoms with Gasteiger partial charge in [-0.2, -0.15) is 0 Å². The summed E-state index contributed by atoms with van der Waals surface area (Å²) >= 11 is 1.71. The van der Waals surface area contributed by atoms with Crippen molar-refractivity contribution in [3.8, 4) is 0 Å². The second kappa shape index (κ2) is 5.82. The Morgan fingerprint density at radius 1 is 1.56 bits per heavy atom. The van der Waals surface area contributed by atoms with Crippen LogP contribution in [0.1, 0.15) is 30.2 Å². The van der Waals surface area contributed by atoms with Crippen molar-refractivity contribution in [2.75, 3.05) is 6.54 Å². The Kier molecular flexibility index (Phi) is 4.13. The molecule has 0 aliphatic heterocycles. The van der Waals surface area contributed by atoms with Crippen molar-refractivity contribution in [2.45, 2.75) is 25.8 Å². The molecular formula is C12H16N2OS. The van der Waals surface area contributed by atoms with Crippen LogP contribution in [0.25, 0.3) is 0 Å². The summed E-state index contributed by atoms with van der Waals surface area (Å²) in [6, 6.07) is 4.26. The summed E-state index contributed by atoms with van der Waals surface area (Å²) in [5, 5.41) is 6.68. The van der Waals surface area contributed by atoms with E-state index in [0.717, 1.165) is 25.1 Å². The first kappa shape index (κ1) is 11.4. The summed E-state index contributed by atoms with van der Waals surface area (Å²) in [6.45, 7) is 3.09. The molecule has 3 nitrogen and oxygen atoms in total. The molecule has 0 bridgehead atoms. The summed E-state index contributed by atoms with van der Waals surface area (Å²) in [4.78, 5) is 4.26. The van der Waals surface area contributed by atoms with Crippen LogP contribution in [0.5, 0.6) is 0 Å². The Bertz CT molecular complexity index is 383. The zero-order valence-electron chi connectivity index (χ0n) is 9.35. The molecule has 0 spiro atoms. The van der Waals surface area contributed by atoms with E-state index in [1.54, 1.807) is 17.6 Å². The molecule has 4 heteroatoms. The SMILES string of the molecule is CCC(NCCc1nccs1)c1ccco1. The van der Waals surface area contributed by atoms with Gasteiger partial charge in [-0.25, -0.2) is 4.98 Å². The molecule has 2 heterocycles. The topological polar surface area (TPSA) is 38.1 Å². The highest BCUT2D eigenvalue weighted by Crippen LogP contribution is 2.16. The molecule has 2 aromatic rings. The monoisotopic (exact) mass is 236 g/mol. The first-order chi connectivity index (χ1) is 7.90. The highest BCUT2D eigenvalue weighted by atomic mass is 32.1. The average Bonchev–Trinajstić information content (AvgIpc) is 2.96. The number of nitrogens with one attached hydrogen (secondary N) is 1. The number of hydrogen-bond acceptors (Lipinski definition) is 4. The van der Waals surface area contributed by atoms with Crippen LogP contribution < -0.4 is 5.32 Å². The van der Waals surface area contributed by atoms with Gasteiger partial charge in [0.05, 0.1) is 17.3 Å². The maximum Gasteiger partial charge on any atom is 0.120 e. The molecule has 0 saturated carbocycles. The van der Waals surface area contributed by atoms with Crippen molar-refractivity contribution >= 4 is 11.3 Å². The summed E-state index contributed by atoms with van der Waals surface area (Å²) in [5.41, 5.74) is 0. The zero-order chi connectivity index (χ0) is 11.2. The number of nitrogens with zero attached hydrogens (tertiary/aromatic N) is 1. The van der Waals surface area contributed by atoms with Gasteiger partial charge in [0.2, 0.25) is 0 Å². The average molecular weight is 236 g/mol. The lowest BCUT2D eigenvalue weighted by molar-refractivity contribution is 0.406. The first-order valence-corrected chi connectivity index (χ1v) is 6.43.